The van der Waals surface area contributed by atoms with Crippen LogP contribution in [0.4, 0.5) is 0 Å². The third kappa shape index (κ3) is 2.23. The van der Waals surface area contributed by atoms with E-state index in [4.69, 9.17) is 0 Å². The molecule has 0 atom stereocenters. The molecule has 0 unspecified atom stereocenters. The molecule has 0 bridgehead atoms. The van der Waals surface area contributed by atoms with Crippen molar-refractivity contribution >= 4 is 12.1 Å². The fourth-order valence-corrected chi connectivity index (χ4v) is 0.761. The lowest BCUT2D eigenvalue weighted by Crippen LogP contribution is -2.02. The molecule has 12 heavy (non-hydrogen) atoms. The fraction of sp³-hybridized carbons (Fsp3) is 0.250. The molecule has 0 saturated carbocycles. The number of hydrogen-bond acceptors (Lipinski definition) is 4. The van der Waals surface area contributed by atoms with Crippen molar-refractivity contribution in [3.63, 3.8) is 0 Å². The Labute approximate surface area is 69.7 Å². The predicted molar refractivity (Wildman–Crippen MR) is 41.7 cm³/mol. The maximum Gasteiger partial charge on any atom is 0.183 e. The van der Waals surface area contributed by atoms with E-state index in [-0.39, 0.29) is 18.6 Å². The maximum absolute atomic E-state index is 11.1. The van der Waals surface area contributed by atoms with Crippen LogP contribution >= 0.6 is 0 Å². The Morgan fingerprint density at radius 3 is 2.92 bits per heavy atom. The van der Waals surface area contributed by atoms with Crippen LogP contribution in [0, 0.1) is 0 Å². The Kier molecular flexibility index (Phi) is 3.07. The van der Waals surface area contributed by atoms with Crippen molar-refractivity contribution in [2.24, 2.45) is 0 Å². The van der Waals surface area contributed by atoms with Crippen molar-refractivity contribution in [2.45, 2.75) is 12.8 Å². The Balaban J connectivity index is 2.59. The molecule has 4 heteroatoms. The third-order valence-electron chi connectivity index (χ3n) is 1.34. The zero-order valence-corrected chi connectivity index (χ0v) is 6.43. The van der Waals surface area contributed by atoms with Crippen LogP contribution in [0.15, 0.2) is 18.6 Å². The van der Waals surface area contributed by atoms with Crippen LogP contribution in [-0.4, -0.2) is 22.0 Å². The molecular weight excluding hydrogens is 156 g/mol. The summed E-state index contributed by atoms with van der Waals surface area (Å²) in [6.45, 7) is 0. The second kappa shape index (κ2) is 4.33. The number of ketones is 1. The summed E-state index contributed by atoms with van der Waals surface area (Å²) in [7, 11) is 0. The van der Waals surface area contributed by atoms with Crippen LogP contribution in [0.25, 0.3) is 0 Å². The molecule has 0 fully saturated rings. The third-order valence-corrected chi connectivity index (χ3v) is 1.34. The van der Waals surface area contributed by atoms with Crippen LogP contribution in [0.5, 0.6) is 0 Å². The van der Waals surface area contributed by atoms with E-state index in [1.807, 2.05) is 0 Å². The summed E-state index contributed by atoms with van der Waals surface area (Å²) in [6, 6.07) is 0. The van der Waals surface area contributed by atoms with Gasteiger partial charge in [-0.25, -0.2) is 4.98 Å². The molecule has 0 saturated heterocycles. The quantitative estimate of drug-likeness (QED) is 0.484. The predicted octanol–water partition coefficient (Wildman–Crippen LogP) is 0.638. The zero-order valence-electron chi connectivity index (χ0n) is 6.43. The van der Waals surface area contributed by atoms with Crippen molar-refractivity contribution < 1.29 is 9.59 Å². The van der Waals surface area contributed by atoms with Gasteiger partial charge in [0.15, 0.2) is 5.78 Å². The first kappa shape index (κ1) is 8.52. The lowest BCUT2D eigenvalue weighted by molar-refractivity contribution is -0.107. The van der Waals surface area contributed by atoms with E-state index in [1.54, 1.807) is 0 Å². The van der Waals surface area contributed by atoms with Crippen LogP contribution < -0.4 is 0 Å². The van der Waals surface area contributed by atoms with Crippen molar-refractivity contribution in [1.82, 2.24) is 9.97 Å². The molecule has 0 N–H and O–H groups in total. The van der Waals surface area contributed by atoms with E-state index in [0.29, 0.717) is 12.0 Å². The highest BCUT2D eigenvalue weighted by molar-refractivity contribution is 5.94. The molecule has 0 aromatic carbocycles. The lowest BCUT2D eigenvalue weighted by atomic mass is 10.2. The van der Waals surface area contributed by atoms with Crippen LogP contribution in [0.1, 0.15) is 23.3 Å². The number of carbonyl (C=O) groups is 2. The average Bonchev–Trinajstić information content (AvgIpc) is 2.15. The number of nitrogens with zero attached hydrogens (tertiary/aromatic N) is 2. The van der Waals surface area contributed by atoms with Gasteiger partial charge in [0.1, 0.15) is 12.0 Å². The van der Waals surface area contributed by atoms with Crippen molar-refractivity contribution in [3.8, 4) is 0 Å². The van der Waals surface area contributed by atoms with Gasteiger partial charge in [0.2, 0.25) is 0 Å². The van der Waals surface area contributed by atoms with Gasteiger partial charge in [-0.3, -0.25) is 9.78 Å². The SMILES string of the molecule is O=CCCC(=O)c1cnccn1. The van der Waals surface area contributed by atoms with Crippen LogP contribution in [-0.2, 0) is 4.79 Å². The first-order valence-corrected chi connectivity index (χ1v) is 3.57. The van der Waals surface area contributed by atoms with E-state index in [9.17, 15) is 9.59 Å². The molecule has 1 aromatic rings. The normalized spacial score (nSPS) is 9.33. The minimum atomic E-state index is -0.143. The molecule has 0 aliphatic carbocycles. The summed E-state index contributed by atoms with van der Waals surface area (Å²) in [5, 5.41) is 0. The summed E-state index contributed by atoms with van der Waals surface area (Å²) < 4.78 is 0. The van der Waals surface area contributed by atoms with Gasteiger partial charge in [0.25, 0.3) is 0 Å². The second-order valence-corrected chi connectivity index (χ2v) is 2.22. The van der Waals surface area contributed by atoms with Crippen LogP contribution in [0.2, 0.25) is 0 Å². The van der Waals surface area contributed by atoms with Gasteiger partial charge in [-0.1, -0.05) is 0 Å². The van der Waals surface area contributed by atoms with Crippen molar-refractivity contribution in [3.05, 3.63) is 24.3 Å². The highest BCUT2D eigenvalue weighted by atomic mass is 16.1. The van der Waals surface area contributed by atoms with Crippen molar-refractivity contribution in [2.75, 3.05) is 0 Å². The second-order valence-electron chi connectivity index (χ2n) is 2.22. The van der Waals surface area contributed by atoms with Gasteiger partial charge in [-0.15, -0.1) is 0 Å². The fourth-order valence-electron chi connectivity index (χ4n) is 0.761. The summed E-state index contributed by atoms with van der Waals surface area (Å²) in [6.07, 6.45) is 5.52. The van der Waals surface area contributed by atoms with Gasteiger partial charge in [0, 0.05) is 25.2 Å². The minimum Gasteiger partial charge on any atom is -0.303 e. The van der Waals surface area contributed by atoms with E-state index >= 15 is 0 Å². The number of aldehydes is 1. The molecule has 0 aliphatic rings. The maximum atomic E-state index is 11.1. The molecule has 0 radical (unpaired) electrons. The van der Waals surface area contributed by atoms with Gasteiger partial charge in [-0.2, -0.15) is 0 Å². The van der Waals surface area contributed by atoms with E-state index in [2.05, 4.69) is 9.97 Å². The first-order chi connectivity index (χ1) is 5.84. The monoisotopic (exact) mass is 164 g/mol. The van der Waals surface area contributed by atoms with Gasteiger partial charge < -0.3 is 4.79 Å². The van der Waals surface area contributed by atoms with E-state index in [0.717, 1.165) is 0 Å². The zero-order chi connectivity index (χ0) is 8.81. The largest absolute Gasteiger partial charge is 0.303 e. The Bertz CT molecular complexity index is 272. The summed E-state index contributed by atoms with van der Waals surface area (Å²) in [4.78, 5) is 28.6. The van der Waals surface area contributed by atoms with Gasteiger partial charge >= 0.3 is 0 Å². The van der Waals surface area contributed by atoms with Crippen molar-refractivity contribution in [1.29, 1.82) is 0 Å². The minimum absolute atomic E-state index is 0.143. The lowest BCUT2D eigenvalue weighted by Gasteiger charge is -1.94. The van der Waals surface area contributed by atoms with Gasteiger partial charge in [-0.05, 0) is 0 Å². The molecular formula is C8H8N2O2. The van der Waals surface area contributed by atoms with E-state index < -0.39 is 0 Å². The first-order valence-electron chi connectivity index (χ1n) is 3.57. The smallest absolute Gasteiger partial charge is 0.183 e. The number of carbonyl (C=O) groups excluding carboxylic acids is 2. The Morgan fingerprint density at radius 1 is 1.50 bits per heavy atom. The number of rotatable bonds is 4. The van der Waals surface area contributed by atoms with E-state index in [1.165, 1.54) is 18.6 Å². The number of Topliss-reactive ketones (excluding diaryl/α,β-unsaturated/α-hetero) is 1. The molecule has 1 heterocycles. The molecule has 1 rings (SSSR count). The molecule has 4 nitrogen and oxygen atoms in total. The Hall–Kier alpha value is -1.58. The molecule has 0 aliphatic heterocycles. The molecule has 0 amide bonds. The molecule has 62 valence electrons. The summed E-state index contributed by atoms with van der Waals surface area (Å²) in [5.74, 6) is -0.143. The Morgan fingerprint density at radius 2 is 2.33 bits per heavy atom. The van der Waals surface area contributed by atoms with Crippen LogP contribution in [0.3, 0.4) is 0 Å². The number of hydrogen-bond donors (Lipinski definition) is 0. The molecule has 1 aromatic heterocycles. The highest BCUT2D eigenvalue weighted by Gasteiger charge is 2.05. The number of aromatic nitrogens is 2. The standard InChI is InChI=1S/C8H8N2O2/c11-5-1-2-8(12)7-6-9-3-4-10-7/h3-6H,1-2H2. The summed E-state index contributed by atoms with van der Waals surface area (Å²) in [5.41, 5.74) is 0.319. The highest BCUT2D eigenvalue weighted by Crippen LogP contribution is 1.98. The topological polar surface area (TPSA) is 59.9 Å². The van der Waals surface area contributed by atoms with Gasteiger partial charge in [0.05, 0.1) is 6.20 Å². The average molecular weight is 164 g/mol. The summed E-state index contributed by atoms with van der Waals surface area (Å²) >= 11 is 0. The molecule has 0 spiro atoms.